The first-order valence-corrected chi connectivity index (χ1v) is 10.1. The maximum Gasteiger partial charge on any atom is 0.410 e. The Morgan fingerprint density at radius 1 is 1.30 bits per heavy atom. The summed E-state index contributed by atoms with van der Waals surface area (Å²) in [6, 6.07) is 0.0482. The summed E-state index contributed by atoms with van der Waals surface area (Å²) in [6.07, 6.45) is 3.72. The lowest BCUT2D eigenvalue weighted by atomic mass is 9.96. The highest BCUT2D eigenvalue weighted by Crippen LogP contribution is 2.21. The van der Waals surface area contributed by atoms with Gasteiger partial charge in [0.15, 0.2) is 0 Å². The van der Waals surface area contributed by atoms with Gasteiger partial charge in [0.25, 0.3) is 5.91 Å². The summed E-state index contributed by atoms with van der Waals surface area (Å²) in [5.74, 6) is 0.273. The van der Waals surface area contributed by atoms with Gasteiger partial charge in [0.1, 0.15) is 11.7 Å². The fourth-order valence-corrected chi connectivity index (χ4v) is 3.17. The first-order valence-electron chi connectivity index (χ1n) is 10.1. The van der Waals surface area contributed by atoms with Crippen molar-refractivity contribution in [3.8, 4) is 0 Å². The lowest BCUT2D eigenvalue weighted by Gasteiger charge is -2.38. The van der Waals surface area contributed by atoms with Crippen LogP contribution in [0.5, 0.6) is 0 Å². The smallest absolute Gasteiger partial charge is 0.410 e. The van der Waals surface area contributed by atoms with Crippen LogP contribution in [0.1, 0.15) is 60.8 Å². The van der Waals surface area contributed by atoms with Crippen LogP contribution in [0.3, 0.4) is 0 Å². The van der Waals surface area contributed by atoms with Crippen LogP contribution in [0.2, 0.25) is 0 Å². The highest BCUT2D eigenvalue weighted by atomic mass is 16.6. The van der Waals surface area contributed by atoms with E-state index >= 15 is 0 Å². The molecule has 0 aromatic heterocycles. The van der Waals surface area contributed by atoms with Crippen molar-refractivity contribution in [3.63, 3.8) is 0 Å². The Kier molecular flexibility index (Phi) is 9.30. The van der Waals surface area contributed by atoms with Gasteiger partial charge in [-0.15, -0.1) is 6.58 Å². The lowest BCUT2D eigenvalue weighted by molar-refractivity contribution is -0.144. The molecule has 0 radical (unpaired) electrons. The summed E-state index contributed by atoms with van der Waals surface area (Å²) < 4.78 is 11.1. The summed E-state index contributed by atoms with van der Waals surface area (Å²) >= 11 is 0. The van der Waals surface area contributed by atoms with E-state index in [0.717, 1.165) is 25.8 Å². The molecule has 0 N–H and O–H groups in total. The van der Waals surface area contributed by atoms with Crippen molar-refractivity contribution in [3.05, 3.63) is 12.7 Å². The molecular weight excluding hydrogens is 344 g/mol. The molecule has 1 aliphatic heterocycles. The average molecular weight is 383 g/mol. The predicted molar refractivity (Wildman–Crippen MR) is 108 cm³/mol. The fraction of sp³-hybridized carbons (Fsp3) is 0.810. The SMILES string of the molecule is C=CCCO[C@H](C)C(=O)N1CCC[C@H](CN(C(=O)OC(C)(C)C)C(C)C)C1. The second-order valence-electron chi connectivity index (χ2n) is 8.61. The third-order valence-electron chi connectivity index (χ3n) is 4.57. The first-order chi connectivity index (χ1) is 12.5. The van der Waals surface area contributed by atoms with E-state index in [1.807, 2.05) is 39.5 Å². The van der Waals surface area contributed by atoms with E-state index in [-0.39, 0.29) is 24.0 Å². The molecule has 0 saturated carbocycles. The number of piperidine rings is 1. The Labute approximate surface area is 164 Å². The molecule has 0 aromatic carbocycles. The third-order valence-corrected chi connectivity index (χ3v) is 4.57. The maximum atomic E-state index is 12.6. The third kappa shape index (κ3) is 8.33. The molecule has 6 heteroatoms. The molecule has 1 fully saturated rings. The van der Waals surface area contributed by atoms with Gasteiger partial charge in [0.2, 0.25) is 0 Å². The number of hydrogen-bond donors (Lipinski definition) is 0. The normalized spacial score (nSPS) is 18.9. The van der Waals surface area contributed by atoms with Crippen LogP contribution in [-0.4, -0.2) is 65.8 Å². The lowest BCUT2D eigenvalue weighted by Crippen LogP contribution is -2.49. The van der Waals surface area contributed by atoms with Crippen LogP contribution in [-0.2, 0) is 14.3 Å². The molecule has 1 saturated heterocycles. The second kappa shape index (κ2) is 10.7. The Morgan fingerprint density at radius 3 is 2.52 bits per heavy atom. The van der Waals surface area contributed by atoms with E-state index in [1.54, 1.807) is 17.9 Å². The minimum Gasteiger partial charge on any atom is -0.444 e. The van der Waals surface area contributed by atoms with Crippen LogP contribution >= 0.6 is 0 Å². The molecule has 0 spiro atoms. The summed E-state index contributed by atoms with van der Waals surface area (Å²) in [7, 11) is 0. The van der Waals surface area contributed by atoms with Gasteiger partial charge in [-0.3, -0.25) is 4.79 Å². The number of likely N-dealkylation sites (tertiary alicyclic amines) is 1. The number of ether oxygens (including phenoxy) is 2. The van der Waals surface area contributed by atoms with Crippen molar-refractivity contribution in [1.82, 2.24) is 9.80 Å². The van der Waals surface area contributed by atoms with Crippen molar-refractivity contribution >= 4 is 12.0 Å². The molecule has 6 nitrogen and oxygen atoms in total. The van der Waals surface area contributed by atoms with Crippen molar-refractivity contribution < 1.29 is 19.1 Å². The summed E-state index contributed by atoms with van der Waals surface area (Å²) in [5, 5.41) is 0. The second-order valence-corrected chi connectivity index (χ2v) is 8.61. The molecule has 0 bridgehead atoms. The number of carbonyl (C=O) groups excluding carboxylic acids is 2. The zero-order chi connectivity index (χ0) is 20.6. The molecule has 27 heavy (non-hydrogen) atoms. The Hall–Kier alpha value is -1.56. The van der Waals surface area contributed by atoms with Crippen LogP contribution in [0.4, 0.5) is 4.79 Å². The van der Waals surface area contributed by atoms with Crippen molar-refractivity contribution in [2.24, 2.45) is 5.92 Å². The topological polar surface area (TPSA) is 59.1 Å². The molecule has 0 aliphatic carbocycles. The minimum atomic E-state index is -0.517. The van der Waals surface area contributed by atoms with E-state index in [4.69, 9.17) is 9.47 Å². The highest BCUT2D eigenvalue weighted by molar-refractivity contribution is 5.80. The molecule has 0 unspecified atom stereocenters. The molecular formula is C21H38N2O4. The average Bonchev–Trinajstić information content (AvgIpc) is 2.57. The van der Waals surface area contributed by atoms with Gasteiger partial charge in [-0.25, -0.2) is 4.79 Å². The standard InChI is InChI=1S/C21H38N2O4/c1-8-9-13-26-17(4)19(24)22-12-10-11-18(14-22)15-23(16(2)3)20(25)27-21(5,6)7/h8,16-18H,1,9-15H2,2-7H3/t17-,18+/m1/s1. The largest absolute Gasteiger partial charge is 0.444 e. The Morgan fingerprint density at radius 2 is 1.96 bits per heavy atom. The first kappa shape index (κ1) is 23.5. The van der Waals surface area contributed by atoms with Gasteiger partial charge in [-0.05, 0) is 66.7 Å². The molecule has 1 heterocycles. The quantitative estimate of drug-likeness (QED) is 0.473. The molecule has 0 aromatic rings. The van der Waals surface area contributed by atoms with Gasteiger partial charge in [-0.2, -0.15) is 0 Å². The van der Waals surface area contributed by atoms with E-state index in [1.165, 1.54) is 0 Å². The minimum absolute atomic E-state index is 0.0251. The van der Waals surface area contributed by atoms with Crippen LogP contribution in [0.25, 0.3) is 0 Å². The number of nitrogens with zero attached hydrogens (tertiary/aromatic N) is 2. The highest BCUT2D eigenvalue weighted by Gasteiger charge is 2.31. The van der Waals surface area contributed by atoms with Gasteiger partial charge >= 0.3 is 6.09 Å². The van der Waals surface area contributed by atoms with Gasteiger partial charge < -0.3 is 19.3 Å². The summed E-state index contributed by atoms with van der Waals surface area (Å²) in [5.41, 5.74) is -0.517. The zero-order valence-electron chi connectivity index (χ0n) is 18.0. The van der Waals surface area contributed by atoms with E-state index in [0.29, 0.717) is 19.7 Å². The molecule has 1 rings (SSSR count). The maximum absolute atomic E-state index is 12.6. The van der Waals surface area contributed by atoms with Gasteiger partial charge in [0.05, 0.1) is 6.61 Å². The molecule has 2 atom stereocenters. The molecule has 156 valence electrons. The van der Waals surface area contributed by atoms with Crippen molar-refractivity contribution in [2.75, 3.05) is 26.2 Å². The van der Waals surface area contributed by atoms with Crippen LogP contribution in [0.15, 0.2) is 12.7 Å². The van der Waals surface area contributed by atoms with E-state index in [2.05, 4.69) is 6.58 Å². The fourth-order valence-electron chi connectivity index (χ4n) is 3.17. The van der Waals surface area contributed by atoms with Gasteiger partial charge in [-0.1, -0.05) is 6.08 Å². The number of amides is 2. The predicted octanol–water partition coefficient (Wildman–Crippen LogP) is 3.85. The Balaban J connectivity index is 2.65. The Bertz CT molecular complexity index is 499. The van der Waals surface area contributed by atoms with Crippen molar-refractivity contribution in [2.45, 2.75) is 78.6 Å². The summed E-state index contributed by atoms with van der Waals surface area (Å²) in [4.78, 5) is 28.8. The van der Waals surface area contributed by atoms with Crippen LogP contribution < -0.4 is 0 Å². The number of hydrogen-bond acceptors (Lipinski definition) is 4. The zero-order valence-corrected chi connectivity index (χ0v) is 18.0. The number of rotatable bonds is 8. The van der Waals surface area contributed by atoms with Gasteiger partial charge in [0, 0.05) is 25.7 Å². The number of carbonyl (C=O) groups is 2. The summed E-state index contributed by atoms with van der Waals surface area (Å²) in [6.45, 7) is 17.6. The van der Waals surface area contributed by atoms with Crippen LogP contribution in [0, 0.1) is 5.92 Å². The van der Waals surface area contributed by atoms with Crippen molar-refractivity contribution in [1.29, 1.82) is 0 Å². The van der Waals surface area contributed by atoms with E-state index in [9.17, 15) is 9.59 Å². The molecule has 2 amide bonds. The monoisotopic (exact) mass is 382 g/mol. The van der Waals surface area contributed by atoms with E-state index < -0.39 is 11.7 Å². The molecule has 1 aliphatic rings.